The smallest absolute Gasteiger partial charge is 0.244 e. The molecule has 4 rings (SSSR count). The Hall–Kier alpha value is -3.04. The van der Waals surface area contributed by atoms with E-state index in [-0.39, 0.29) is 11.4 Å². The fraction of sp³-hybridized carbons (Fsp3) is 0.200. The second kappa shape index (κ2) is 10.9. The molecule has 0 amide bonds. The molecule has 0 aliphatic carbocycles. The lowest BCUT2D eigenvalue weighted by molar-refractivity contribution is 0.399. The number of nitrogens with one attached hydrogen (secondary N) is 2. The molecular weight excluding hydrogens is 470 g/mol. The number of nitrogens with zero attached hydrogens (tertiary/aromatic N) is 3. The molecule has 0 atom stereocenters. The largest absolute Gasteiger partial charge is 0.348 e. The molecule has 2 N–H and O–H groups in total. The van der Waals surface area contributed by atoms with Crippen LogP contribution in [0.1, 0.15) is 17.0 Å². The first kappa shape index (κ1) is 24.1. The number of aromatic amines is 1. The van der Waals surface area contributed by atoms with Crippen molar-refractivity contribution in [1.82, 2.24) is 24.6 Å². The summed E-state index contributed by atoms with van der Waals surface area (Å²) in [5, 5.41) is 5.43. The van der Waals surface area contributed by atoms with E-state index in [0.29, 0.717) is 35.7 Å². The number of H-pyrrole nitrogens is 1. The van der Waals surface area contributed by atoms with Crippen molar-refractivity contribution in [3.8, 4) is 0 Å². The van der Waals surface area contributed by atoms with E-state index < -0.39 is 10.0 Å². The average Bonchev–Trinajstić information content (AvgIpc) is 3.25. The first-order valence-electron chi connectivity index (χ1n) is 10.9. The van der Waals surface area contributed by atoms with Crippen LogP contribution in [0, 0.1) is 6.92 Å². The number of hydrogen-bond donors (Lipinski definition) is 2. The molecule has 176 valence electrons. The summed E-state index contributed by atoms with van der Waals surface area (Å²) in [5.74, 6) is 0. The molecule has 0 saturated carbocycles. The molecule has 2 heterocycles. The van der Waals surface area contributed by atoms with Crippen LogP contribution in [-0.2, 0) is 16.6 Å². The van der Waals surface area contributed by atoms with Crippen LogP contribution in [0.3, 0.4) is 0 Å². The number of rotatable bonds is 10. The quantitative estimate of drug-likeness (QED) is 0.318. The van der Waals surface area contributed by atoms with Gasteiger partial charge in [0, 0.05) is 53.5 Å². The van der Waals surface area contributed by atoms with E-state index in [4.69, 9.17) is 11.6 Å². The maximum Gasteiger partial charge on any atom is 0.244 e. The minimum absolute atomic E-state index is 0.182. The summed E-state index contributed by atoms with van der Waals surface area (Å²) in [6, 6.07) is 14.6. The second-order valence-electron chi connectivity index (χ2n) is 7.82. The van der Waals surface area contributed by atoms with Crippen LogP contribution >= 0.6 is 11.6 Å². The van der Waals surface area contributed by atoms with Crippen molar-refractivity contribution in [2.75, 3.05) is 19.6 Å². The number of sulfonamides is 1. The molecule has 34 heavy (non-hydrogen) atoms. The van der Waals surface area contributed by atoms with Crippen LogP contribution in [0.4, 0.5) is 0 Å². The first-order chi connectivity index (χ1) is 16.4. The van der Waals surface area contributed by atoms with Gasteiger partial charge in [-0.1, -0.05) is 48.0 Å². The Morgan fingerprint density at radius 3 is 2.74 bits per heavy atom. The van der Waals surface area contributed by atoms with E-state index in [1.807, 2.05) is 49.4 Å². The maximum absolute atomic E-state index is 13.7. The Bertz CT molecular complexity index is 1380. The van der Waals surface area contributed by atoms with Crippen molar-refractivity contribution in [2.24, 2.45) is 0 Å². The van der Waals surface area contributed by atoms with Gasteiger partial charge in [0.1, 0.15) is 0 Å². The molecule has 4 aromatic rings. The highest BCUT2D eigenvalue weighted by molar-refractivity contribution is 7.89. The second-order valence-corrected chi connectivity index (χ2v) is 10.2. The van der Waals surface area contributed by atoms with Crippen molar-refractivity contribution < 1.29 is 8.42 Å². The fourth-order valence-electron chi connectivity index (χ4n) is 3.61. The molecule has 0 radical (unpaired) electrons. The summed E-state index contributed by atoms with van der Waals surface area (Å²) in [4.78, 5) is 11.7. The summed E-state index contributed by atoms with van der Waals surface area (Å²) < 4.78 is 28.9. The van der Waals surface area contributed by atoms with Gasteiger partial charge in [-0.3, -0.25) is 4.98 Å². The molecule has 2 aromatic carbocycles. The third kappa shape index (κ3) is 5.71. The molecule has 0 saturated heterocycles. The summed E-state index contributed by atoms with van der Waals surface area (Å²) in [6.45, 7) is 3.46. The van der Waals surface area contributed by atoms with E-state index in [1.165, 1.54) is 4.31 Å². The van der Waals surface area contributed by atoms with Crippen molar-refractivity contribution >= 4 is 38.5 Å². The van der Waals surface area contributed by atoms with Crippen LogP contribution in [0.5, 0.6) is 0 Å². The average molecular weight is 496 g/mol. The van der Waals surface area contributed by atoms with Crippen molar-refractivity contribution in [3.05, 3.63) is 95.3 Å². The lowest BCUT2D eigenvalue weighted by atomic mass is 10.2. The van der Waals surface area contributed by atoms with Crippen molar-refractivity contribution in [1.29, 1.82) is 0 Å². The summed E-state index contributed by atoms with van der Waals surface area (Å²) in [5.41, 5.74) is 2.60. The highest BCUT2D eigenvalue weighted by Crippen LogP contribution is 2.26. The number of imidazole rings is 1. The Kier molecular flexibility index (Phi) is 7.74. The number of halogens is 1. The third-order valence-electron chi connectivity index (χ3n) is 5.50. The minimum Gasteiger partial charge on any atom is -0.348 e. The molecular formula is C25H26ClN5O2S. The highest BCUT2D eigenvalue weighted by Gasteiger charge is 2.27. The zero-order valence-electron chi connectivity index (χ0n) is 18.8. The molecule has 2 aromatic heterocycles. The van der Waals surface area contributed by atoms with Gasteiger partial charge in [-0.25, -0.2) is 13.4 Å². The Labute approximate surface area is 204 Å². The van der Waals surface area contributed by atoms with E-state index in [0.717, 1.165) is 16.6 Å². The zero-order valence-corrected chi connectivity index (χ0v) is 20.4. The van der Waals surface area contributed by atoms with E-state index in [2.05, 4.69) is 20.3 Å². The number of pyridine rings is 1. The summed E-state index contributed by atoms with van der Waals surface area (Å²) in [7, 11) is -3.78. The Morgan fingerprint density at radius 1 is 1.15 bits per heavy atom. The molecule has 0 spiro atoms. The third-order valence-corrected chi connectivity index (χ3v) is 7.65. The van der Waals surface area contributed by atoms with E-state index in [1.54, 1.807) is 36.9 Å². The number of fused-ring (bicyclic) bond motifs is 1. The predicted octanol–water partition coefficient (Wildman–Crippen LogP) is 4.41. The molecule has 9 heteroatoms. The van der Waals surface area contributed by atoms with Crippen molar-refractivity contribution in [2.45, 2.75) is 18.4 Å². The number of aromatic nitrogens is 3. The highest BCUT2D eigenvalue weighted by atomic mass is 35.5. The molecule has 0 fully saturated rings. The Morgan fingerprint density at radius 2 is 1.97 bits per heavy atom. The minimum atomic E-state index is -3.78. The van der Waals surface area contributed by atoms with Gasteiger partial charge in [-0.15, -0.1) is 0 Å². The Balaban J connectivity index is 1.49. The van der Waals surface area contributed by atoms with Crippen LogP contribution in [-0.4, -0.2) is 47.3 Å². The van der Waals surface area contributed by atoms with Gasteiger partial charge >= 0.3 is 0 Å². The van der Waals surface area contributed by atoms with Gasteiger partial charge in [-0.2, -0.15) is 4.31 Å². The van der Waals surface area contributed by atoms with Crippen LogP contribution in [0.25, 0.3) is 16.8 Å². The van der Waals surface area contributed by atoms with Crippen molar-refractivity contribution in [3.63, 3.8) is 0 Å². The van der Waals surface area contributed by atoms with Gasteiger partial charge in [0.2, 0.25) is 10.0 Å². The summed E-state index contributed by atoms with van der Waals surface area (Å²) in [6.07, 6.45) is 8.86. The molecule has 0 unspecified atom stereocenters. The topological polar surface area (TPSA) is 91.0 Å². The van der Waals surface area contributed by atoms with Gasteiger partial charge < -0.3 is 10.3 Å². The van der Waals surface area contributed by atoms with Crippen LogP contribution in [0.2, 0.25) is 5.02 Å². The number of benzene rings is 2. The van der Waals surface area contributed by atoms with Crippen LogP contribution < -0.4 is 5.32 Å². The normalized spacial score (nSPS) is 12.2. The van der Waals surface area contributed by atoms with E-state index >= 15 is 0 Å². The standard InChI is InChI=1S/C25H26ClN5O2S/c1-19-24(30-18-29-19)17-31(15-14-27-12-3-4-20-7-9-22(26)10-8-20)34(32,33)25-6-2-5-21-16-28-13-11-23(21)25/h2-11,13,16,18,27H,12,14-15,17H2,1H3,(H,29,30). The van der Waals surface area contributed by atoms with Gasteiger partial charge in [0.15, 0.2) is 0 Å². The monoisotopic (exact) mass is 495 g/mol. The maximum atomic E-state index is 13.7. The lowest BCUT2D eigenvalue weighted by Crippen LogP contribution is -2.37. The predicted molar refractivity (Wildman–Crippen MR) is 136 cm³/mol. The lowest BCUT2D eigenvalue weighted by Gasteiger charge is -2.23. The molecule has 7 nitrogen and oxygen atoms in total. The zero-order chi connectivity index (χ0) is 24.0. The SMILES string of the molecule is Cc1[nH]cnc1CN(CCNCC=Cc1ccc(Cl)cc1)S(=O)(=O)c1cccc2cnccc12. The van der Waals surface area contributed by atoms with Crippen LogP contribution in [0.15, 0.2) is 78.2 Å². The van der Waals surface area contributed by atoms with Gasteiger partial charge in [0.05, 0.1) is 23.5 Å². The first-order valence-corrected chi connectivity index (χ1v) is 12.7. The van der Waals surface area contributed by atoms with Gasteiger partial charge in [-0.05, 0) is 36.8 Å². The number of hydrogen-bond acceptors (Lipinski definition) is 5. The molecule has 0 aliphatic rings. The summed E-state index contributed by atoms with van der Waals surface area (Å²) >= 11 is 5.92. The van der Waals surface area contributed by atoms with Gasteiger partial charge in [0.25, 0.3) is 0 Å². The fourth-order valence-corrected chi connectivity index (χ4v) is 5.36. The van der Waals surface area contributed by atoms with E-state index in [9.17, 15) is 8.42 Å². The number of aryl methyl sites for hydroxylation is 1. The molecule has 0 bridgehead atoms. The molecule has 0 aliphatic heterocycles.